The lowest BCUT2D eigenvalue weighted by Crippen LogP contribution is -2.27. The summed E-state index contributed by atoms with van der Waals surface area (Å²) >= 11 is 5.86. The van der Waals surface area contributed by atoms with Gasteiger partial charge in [0, 0.05) is 29.4 Å². The Labute approximate surface area is 181 Å². The van der Waals surface area contributed by atoms with Crippen molar-refractivity contribution in [3.63, 3.8) is 0 Å². The smallest absolute Gasteiger partial charge is 0.264 e. The molecule has 3 aromatic carbocycles. The van der Waals surface area contributed by atoms with E-state index in [1.807, 2.05) is 0 Å². The van der Waals surface area contributed by atoms with Crippen LogP contribution in [0.2, 0.25) is 5.02 Å². The SMILES string of the molecule is COc1cccc(NC(=O)c2ccc(C)c(N(C)S(=O)(=O)c3ccc(Cl)cc3)c2)c1. The fraction of sp³-hybridized carbons (Fsp3) is 0.136. The molecular weight excluding hydrogens is 424 g/mol. The van der Waals surface area contributed by atoms with E-state index in [1.54, 1.807) is 56.5 Å². The van der Waals surface area contributed by atoms with E-state index < -0.39 is 10.0 Å². The number of amides is 1. The number of methoxy groups -OCH3 is 1. The largest absolute Gasteiger partial charge is 0.497 e. The van der Waals surface area contributed by atoms with Crippen LogP contribution >= 0.6 is 11.6 Å². The number of halogens is 1. The van der Waals surface area contributed by atoms with E-state index in [9.17, 15) is 13.2 Å². The van der Waals surface area contributed by atoms with Crippen LogP contribution in [-0.4, -0.2) is 28.5 Å². The highest BCUT2D eigenvalue weighted by Gasteiger charge is 2.23. The van der Waals surface area contributed by atoms with Crippen molar-refractivity contribution in [1.29, 1.82) is 0 Å². The molecule has 0 radical (unpaired) electrons. The van der Waals surface area contributed by atoms with Crippen molar-refractivity contribution in [2.75, 3.05) is 23.8 Å². The maximum Gasteiger partial charge on any atom is 0.264 e. The van der Waals surface area contributed by atoms with Gasteiger partial charge < -0.3 is 10.1 Å². The van der Waals surface area contributed by atoms with Gasteiger partial charge in [-0.1, -0.05) is 23.7 Å². The van der Waals surface area contributed by atoms with Gasteiger partial charge in [0.25, 0.3) is 15.9 Å². The second kappa shape index (κ2) is 8.77. The number of ether oxygens (including phenoxy) is 1. The van der Waals surface area contributed by atoms with Gasteiger partial charge in [-0.25, -0.2) is 8.42 Å². The average molecular weight is 445 g/mol. The normalized spacial score (nSPS) is 11.1. The van der Waals surface area contributed by atoms with Gasteiger partial charge in [0.05, 0.1) is 17.7 Å². The van der Waals surface area contributed by atoms with E-state index in [-0.39, 0.29) is 10.8 Å². The van der Waals surface area contributed by atoms with Crippen molar-refractivity contribution in [3.8, 4) is 5.75 Å². The minimum absolute atomic E-state index is 0.111. The lowest BCUT2D eigenvalue weighted by atomic mass is 10.1. The van der Waals surface area contributed by atoms with Crippen LogP contribution in [0.1, 0.15) is 15.9 Å². The molecule has 0 fully saturated rings. The Morgan fingerprint density at radius 2 is 1.73 bits per heavy atom. The second-order valence-corrected chi connectivity index (χ2v) is 9.02. The maximum atomic E-state index is 13.0. The van der Waals surface area contributed by atoms with Crippen LogP contribution in [-0.2, 0) is 10.0 Å². The quantitative estimate of drug-likeness (QED) is 0.596. The number of nitrogens with one attached hydrogen (secondary N) is 1. The molecule has 0 bridgehead atoms. The lowest BCUT2D eigenvalue weighted by Gasteiger charge is -2.22. The van der Waals surface area contributed by atoms with Crippen molar-refractivity contribution in [2.24, 2.45) is 0 Å². The van der Waals surface area contributed by atoms with E-state index >= 15 is 0 Å². The first-order valence-corrected chi connectivity index (χ1v) is 10.8. The van der Waals surface area contributed by atoms with Gasteiger partial charge in [0.1, 0.15) is 5.75 Å². The molecule has 0 unspecified atom stereocenters. The molecule has 30 heavy (non-hydrogen) atoms. The second-order valence-electron chi connectivity index (χ2n) is 6.61. The summed E-state index contributed by atoms with van der Waals surface area (Å²) < 4.78 is 32.3. The van der Waals surface area contributed by atoms with Crippen LogP contribution in [0.15, 0.2) is 71.6 Å². The molecule has 8 heteroatoms. The number of hydrogen-bond acceptors (Lipinski definition) is 4. The molecule has 0 spiro atoms. The summed E-state index contributed by atoms with van der Waals surface area (Å²) in [5, 5.41) is 3.24. The van der Waals surface area contributed by atoms with Crippen LogP contribution in [0.25, 0.3) is 0 Å². The van der Waals surface area contributed by atoms with Crippen LogP contribution in [0, 0.1) is 6.92 Å². The summed E-state index contributed by atoms with van der Waals surface area (Å²) in [7, 11) is -0.815. The average Bonchev–Trinajstić information content (AvgIpc) is 2.74. The molecule has 1 N–H and O–H groups in total. The first-order valence-electron chi connectivity index (χ1n) is 9.03. The minimum atomic E-state index is -3.82. The zero-order valence-electron chi connectivity index (χ0n) is 16.7. The first kappa shape index (κ1) is 21.7. The van der Waals surface area contributed by atoms with Crippen LogP contribution in [0.4, 0.5) is 11.4 Å². The Morgan fingerprint density at radius 3 is 2.40 bits per heavy atom. The van der Waals surface area contributed by atoms with Crippen LogP contribution in [0.5, 0.6) is 5.75 Å². The van der Waals surface area contributed by atoms with E-state index in [0.29, 0.717) is 33.3 Å². The van der Waals surface area contributed by atoms with Crippen molar-refractivity contribution < 1.29 is 17.9 Å². The van der Waals surface area contributed by atoms with Crippen LogP contribution < -0.4 is 14.4 Å². The van der Waals surface area contributed by atoms with Gasteiger partial charge in [-0.3, -0.25) is 9.10 Å². The summed E-state index contributed by atoms with van der Waals surface area (Å²) in [4.78, 5) is 12.8. The maximum absolute atomic E-state index is 13.0. The highest BCUT2D eigenvalue weighted by molar-refractivity contribution is 7.92. The summed E-state index contributed by atoms with van der Waals surface area (Å²) in [6, 6.07) is 17.8. The number of hydrogen-bond donors (Lipinski definition) is 1. The summed E-state index contributed by atoms with van der Waals surface area (Å²) in [6.45, 7) is 1.78. The molecule has 0 aliphatic heterocycles. The molecule has 156 valence electrons. The fourth-order valence-corrected chi connectivity index (χ4v) is 4.27. The molecule has 3 rings (SSSR count). The predicted octanol–water partition coefficient (Wildman–Crippen LogP) is 4.73. The van der Waals surface area contributed by atoms with Gasteiger partial charge in [0.15, 0.2) is 0 Å². The number of rotatable bonds is 6. The van der Waals surface area contributed by atoms with Crippen LogP contribution in [0.3, 0.4) is 0 Å². The summed E-state index contributed by atoms with van der Waals surface area (Å²) in [5.41, 5.74) is 2.02. The molecule has 1 amide bonds. The Hall–Kier alpha value is -3.03. The minimum Gasteiger partial charge on any atom is -0.497 e. The molecule has 0 atom stereocenters. The van der Waals surface area contributed by atoms with E-state index in [4.69, 9.17) is 16.3 Å². The number of nitrogens with zero attached hydrogens (tertiary/aromatic N) is 1. The molecule has 0 aliphatic rings. The third kappa shape index (κ3) is 4.58. The zero-order valence-corrected chi connectivity index (χ0v) is 18.3. The third-order valence-corrected chi connectivity index (χ3v) is 6.65. The number of sulfonamides is 1. The molecule has 0 saturated heterocycles. The Bertz CT molecular complexity index is 1180. The monoisotopic (exact) mass is 444 g/mol. The number of anilines is 2. The zero-order chi connectivity index (χ0) is 21.9. The van der Waals surface area contributed by atoms with Crippen molar-refractivity contribution >= 4 is 38.9 Å². The van der Waals surface area contributed by atoms with E-state index in [0.717, 1.165) is 4.31 Å². The predicted molar refractivity (Wildman–Crippen MR) is 119 cm³/mol. The molecule has 6 nitrogen and oxygen atoms in total. The van der Waals surface area contributed by atoms with Gasteiger partial charge in [0.2, 0.25) is 0 Å². The van der Waals surface area contributed by atoms with Gasteiger partial charge in [-0.2, -0.15) is 0 Å². The summed E-state index contributed by atoms with van der Waals surface area (Å²) in [6.07, 6.45) is 0. The Morgan fingerprint density at radius 1 is 1.03 bits per heavy atom. The standard InChI is InChI=1S/C22H21ClN2O4S/c1-15-7-8-16(22(26)24-18-5-4-6-19(14-18)29-3)13-21(15)25(2)30(27,28)20-11-9-17(23)10-12-20/h4-14H,1-3H3,(H,24,26). The van der Waals surface area contributed by atoms with E-state index in [1.165, 1.54) is 31.3 Å². The molecular formula is C22H21ClN2O4S. The topological polar surface area (TPSA) is 75.7 Å². The van der Waals surface area contributed by atoms with Gasteiger partial charge in [-0.15, -0.1) is 0 Å². The van der Waals surface area contributed by atoms with Crippen molar-refractivity contribution in [3.05, 3.63) is 82.9 Å². The van der Waals surface area contributed by atoms with Gasteiger partial charge in [-0.05, 0) is 61.0 Å². The molecule has 3 aromatic rings. The van der Waals surface area contributed by atoms with Gasteiger partial charge >= 0.3 is 0 Å². The van der Waals surface area contributed by atoms with Crippen molar-refractivity contribution in [1.82, 2.24) is 0 Å². The molecule has 0 aliphatic carbocycles. The number of carbonyl (C=O) groups excluding carboxylic acids is 1. The number of aryl methyl sites for hydroxylation is 1. The number of carbonyl (C=O) groups is 1. The first-order chi connectivity index (χ1) is 14.2. The fourth-order valence-electron chi connectivity index (χ4n) is 2.89. The lowest BCUT2D eigenvalue weighted by molar-refractivity contribution is 0.102. The Balaban J connectivity index is 1.90. The van der Waals surface area contributed by atoms with E-state index in [2.05, 4.69) is 5.32 Å². The number of benzene rings is 3. The highest BCUT2D eigenvalue weighted by atomic mass is 35.5. The Kier molecular flexibility index (Phi) is 6.34. The molecule has 0 saturated carbocycles. The molecule has 0 heterocycles. The molecule has 0 aromatic heterocycles. The van der Waals surface area contributed by atoms with Crippen molar-refractivity contribution in [2.45, 2.75) is 11.8 Å². The highest BCUT2D eigenvalue weighted by Crippen LogP contribution is 2.27. The summed E-state index contributed by atoms with van der Waals surface area (Å²) in [5.74, 6) is 0.257. The third-order valence-electron chi connectivity index (χ3n) is 4.61.